The van der Waals surface area contributed by atoms with Crippen LogP contribution in [0.1, 0.15) is 24.2 Å². The molecule has 0 fully saturated rings. The molecule has 0 spiro atoms. The number of carbonyl (C=O) groups is 2. The van der Waals surface area contributed by atoms with E-state index in [-0.39, 0.29) is 17.9 Å². The van der Waals surface area contributed by atoms with Crippen LogP contribution in [-0.4, -0.2) is 23.8 Å². The van der Waals surface area contributed by atoms with Crippen molar-refractivity contribution in [3.8, 4) is 5.75 Å². The number of amides is 2. The van der Waals surface area contributed by atoms with E-state index in [1.165, 1.54) is 12.1 Å². The molecule has 1 aromatic carbocycles. The molecule has 0 aliphatic heterocycles. The van der Waals surface area contributed by atoms with Gasteiger partial charge in [-0.15, -0.1) is 11.6 Å². The van der Waals surface area contributed by atoms with Gasteiger partial charge in [-0.3, -0.25) is 9.59 Å². The number of rotatable bonds is 5. The highest BCUT2D eigenvalue weighted by molar-refractivity contribution is 6.29. The lowest BCUT2D eigenvalue weighted by atomic mass is 10.1. The van der Waals surface area contributed by atoms with Gasteiger partial charge in [0.2, 0.25) is 11.8 Å². The van der Waals surface area contributed by atoms with Crippen molar-refractivity contribution in [2.75, 3.05) is 11.2 Å². The van der Waals surface area contributed by atoms with Gasteiger partial charge in [0.1, 0.15) is 11.6 Å². The largest absolute Gasteiger partial charge is 0.489 e. The summed E-state index contributed by atoms with van der Waals surface area (Å²) in [5.41, 5.74) is 5.96. The minimum Gasteiger partial charge on any atom is -0.489 e. The van der Waals surface area contributed by atoms with Crippen LogP contribution in [0.3, 0.4) is 0 Å². The summed E-state index contributed by atoms with van der Waals surface area (Å²) >= 11 is 5.41. The highest BCUT2D eigenvalue weighted by atomic mass is 35.5. The van der Waals surface area contributed by atoms with Crippen LogP contribution >= 0.6 is 11.6 Å². The minimum absolute atomic E-state index is 0.0974. The van der Waals surface area contributed by atoms with Gasteiger partial charge in [0.15, 0.2) is 0 Å². The summed E-state index contributed by atoms with van der Waals surface area (Å²) < 4.78 is 5.52. The molecule has 0 heterocycles. The van der Waals surface area contributed by atoms with Gasteiger partial charge in [0.25, 0.3) is 0 Å². The van der Waals surface area contributed by atoms with Gasteiger partial charge in [-0.25, -0.2) is 0 Å². The Morgan fingerprint density at radius 1 is 1.44 bits per heavy atom. The fourth-order valence-electron chi connectivity index (χ4n) is 1.31. The van der Waals surface area contributed by atoms with E-state index in [1.54, 1.807) is 6.07 Å². The van der Waals surface area contributed by atoms with Crippen molar-refractivity contribution in [2.24, 2.45) is 5.73 Å². The fraction of sp³-hybridized carbons (Fsp3) is 0.333. The molecule has 0 aliphatic carbocycles. The quantitative estimate of drug-likeness (QED) is 0.800. The Bertz CT molecular complexity index is 461. The topological polar surface area (TPSA) is 81.4 Å². The first kappa shape index (κ1) is 14.3. The van der Waals surface area contributed by atoms with Gasteiger partial charge < -0.3 is 15.8 Å². The molecule has 5 nitrogen and oxygen atoms in total. The second-order valence-electron chi connectivity index (χ2n) is 3.92. The lowest BCUT2D eigenvalue weighted by Crippen LogP contribution is -2.17. The molecule has 3 N–H and O–H groups in total. The van der Waals surface area contributed by atoms with Gasteiger partial charge >= 0.3 is 0 Å². The van der Waals surface area contributed by atoms with Crippen molar-refractivity contribution >= 4 is 29.1 Å². The smallest absolute Gasteiger partial charge is 0.248 e. The zero-order valence-corrected chi connectivity index (χ0v) is 11.0. The second kappa shape index (κ2) is 6.26. The number of alkyl halides is 1. The highest BCUT2D eigenvalue weighted by Crippen LogP contribution is 2.27. The number of halogens is 1. The molecule has 2 amide bonds. The number of primary amides is 1. The van der Waals surface area contributed by atoms with E-state index >= 15 is 0 Å². The number of anilines is 1. The van der Waals surface area contributed by atoms with Crippen LogP contribution in [0.15, 0.2) is 18.2 Å². The van der Waals surface area contributed by atoms with E-state index in [0.717, 1.165) is 0 Å². The SMILES string of the molecule is CC(C)Oc1cc(C(N)=O)ccc1NC(=O)CCl. The van der Waals surface area contributed by atoms with Crippen LogP contribution in [0, 0.1) is 0 Å². The van der Waals surface area contributed by atoms with E-state index in [4.69, 9.17) is 22.1 Å². The molecule has 98 valence electrons. The number of nitrogens with two attached hydrogens (primary N) is 1. The lowest BCUT2D eigenvalue weighted by Gasteiger charge is -2.15. The molecule has 1 rings (SSSR count). The summed E-state index contributed by atoms with van der Waals surface area (Å²) in [4.78, 5) is 22.3. The second-order valence-corrected chi connectivity index (χ2v) is 4.19. The van der Waals surface area contributed by atoms with Crippen molar-refractivity contribution in [3.05, 3.63) is 23.8 Å². The Labute approximate surface area is 110 Å². The number of hydrogen-bond donors (Lipinski definition) is 2. The van der Waals surface area contributed by atoms with Crippen molar-refractivity contribution in [1.29, 1.82) is 0 Å². The molecule has 1 aromatic rings. The van der Waals surface area contributed by atoms with Crippen LogP contribution < -0.4 is 15.8 Å². The first-order valence-corrected chi connectivity index (χ1v) is 5.93. The van der Waals surface area contributed by atoms with E-state index in [0.29, 0.717) is 17.0 Å². The van der Waals surface area contributed by atoms with E-state index in [9.17, 15) is 9.59 Å². The maximum absolute atomic E-state index is 11.2. The standard InChI is InChI=1S/C12H15ClN2O3/c1-7(2)18-10-5-8(12(14)17)3-4-9(10)15-11(16)6-13/h3-5,7H,6H2,1-2H3,(H2,14,17)(H,15,16). The van der Waals surface area contributed by atoms with Crippen LogP contribution in [0.4, 0.5) is 5.69 Å². The van der Waals surface area contributed by atoms with Crippen molar-refractivity contribution < 1.29 is 14.3 Å². The lowest BCUT2D eigenvalue weighted by molar-refractivity contribution is -0.113. The van der Waals surface area contributed by atoms with Gasteiger partial charge in [0.05, 0.1) is 11.8 Å². The third-order valence-electron chi connectivity index (χ3n) is 2.02. The Morgan fingerprint density at radius 3 is 2.61 bits per heavy atom. The summed E-state index contributed by atoms with van der Waals surface area (Å²) in [5.74, 6) is -0.672. The van der Waals surface area contributed by atoms with Crippen molar-refractivity contribution in [2.45, 2.75) is 20.0 Å². The predicted octanol–water partition coefficient (Wildman–Crippen LogP) is 1.75. The van der Waals surface area contributed by atoms with Gasteiger partial charge in [0, 0.05) is 5.56 Å². The van der Waals surface area contributed by atoms with Crippen LogP contribution in [0.25, 0.3) is 0 Å². The van der Waals surface area contributed by atoms with E-state index in [2.05, 4.69) is 5.32 Å². The Kier molecular flexibility index (Phi) is 4.97. The maximum Gasteiger partial charge on any atom is 0.248 e. The molecule has 6 heteroatoms. The zero-order chi connectivity index (χ0) is 13.7. The monoisotopic (exact) mass is 270 g/mol. The summed E-state index contributed by atoms with van der Waals surface area (Å²) in [5, 5.41) is 2.58. The average Bonchev–Trinajstić information content (AvgIpc) is 2.30. The maximum atomic E-state index is 11.2. The molecule has 18 heavy (non-hydrogen) atoms. The van der Waals surface area contributed by atoms with Crippen molar-refractivity contribution in [3.63, 3.8) is 0 Å². The number of carbonyl (C=O) groups excluding carboxylic acids is 2. The Morgan fingerprint density at radius 2 is 2.11 bits per heavy atom. The van der Waals surface area contributed by atoms with Gasteiger partial charge in [-0.2, -0.15) is 0 Å². The molecular formula is C12H15ClN2O3. The van der Waals surface area contributed by atoms with Gasteiger partial charge in [-0.1, -0.05) is 0 Å². The highest BCUT2D eigenvalue weighted by Gasteiger charge is 2.11. The molecule has 0 unspecified atom stereocenters. The number of nitrogens with one attached hydrogen (secondary N) is 1. The first-order valence-electron chi connectivity index (χ1n) is 5.40. The summed E-state index contributed by atoms with van der Waals surface area (Å²) in [6.07, 6.45) is -0.0974. The number of ether oxygens (including phenoxy) is 1. The Hall–Kier alpha value is -1.75. The Balaban J connectivity index is 3.07. The van der Waals surface area contributed by atoms with Crippen LogP contribution in [0.5, 0.6) is 5.75 Å². The molecule has 0 bridgehead atoms. The van der Waals surface area contributed by atoms with Crippen LogP contribution in [-0.2, 0) is 4.79 Å². The number of hydrogen-bond acceptors (Lipinski definition) is 3. The van der Waals surface area contributed by atoms with Crippen LogP contribution in [0.2, 0.25) is 0 Å². The molecular weight excluding hydrogens is 256 g/mol. The predicted molar refractivity (Wildman–Crippen MR) is 70.1 cm³/mol. The third kappa shape index (κ3) is 3.92. The number of benzene rings is 1. The molecule has 0 radical (unpaired) electrons. The summed E-state index contributed by atoms with van der Waals surface area (Å²) in [6, 6.07) is 4.56. The molecule has 0 aromatic heterocycles. The summed E-state index contributed by atoms with van der Waals surface area (Å²) in [7, 11) is 0. The van der Waals surface area contributed by atoms with Crippen molar-refractivity contribution in [1.82, 2.24) is 0 Å². The molecule has 0 saturated carbocycles. The van der Waals surface area contributed by atoms with E-state index in [1.807, 2.05) is 13.8 Å². The summed E-state index contributed by atoms with van der Waals surface area (Å²) in [6.45, 7) is 3.67. The third-order valence-corrected chi connectivity index (χ3v) is 2.27. The normalized spacial score (nSPS) is 10.2. The average molecular weight is 271 g/mol. The molecule has 0 aliphatic rings. The fourth-order valence-corrected chi connectivity index (χ4v) is 1.38. The molecule has 0 saturated heterocycles. The first-order chi connectivity index (χ1) is 8.43. The van der Waals surface area contributed by atoms with E-state index < -0.39 is 5.91 Å². The van der Waals surface area contributed by atoms with Gasteiger partial charge in [-0.05, 0) is 32.0 Å². The zero-order valence-electron chi connectivity index (χ0n) is 10.2. The molecule has 0 atom stereocenters. The minimum atomic E-state index is -0.557.